The summed E-state index contributed by atoms with van der Waals surface area (Å²) >= 11 is 0. The van der Waals surface area contributed by atoms with Crippen molar-refractivity contribution in [3.8, 4) is 5.75 Å². The molecule has 78 valence electrons. The Bertz CT molecular complexity index is 401. The molecule has 2 heterocycles. The highest BCUT2D eigenvalue weighted by atomic mass is 16.6. The zero-order valence-corrected chi connectivity index (χ0v) is 8.18. The van der Waals surface area contributed by atoms with Gasteiger partial charge in [-0.2, -0.15) is 0 Å². The molecule has 2 aliphatic heterocycles. The number of fused-ring (bicyclic) bond motifs is 1. The Morgan fingerprint density at radius 2 is 2.20 bits per heavy atom. The number of nitrogens with zero attached hydrogens (tertiary/aromatic N) is 1. The lowest BCUT2D eigenvalue weighted by Gasteiger charge is -2.28. The minimum Gasteiger partial charge on any atom is -0.482 e. The standard InChI is InChI=1S/C11H11NO3/c13-11-7-15-10-4-2-1-3-9(10)12(11)5-8-6-14-8/h1-4,8H,5-7H2. The first-order chi connectivity index (χ1) is 7.34. The van der Waals surface area contributed by atoms with E-state index in [0.29, 0.717) is 6.54 Å². The summed E-state index contributed by atoms with van der Waals surface area (Å²) in [6, 6.07) is 7.58. The lowest BCUT2D eigenvalue weighted by molar-refractivity contribution is -0.121. The van der Waals surface area contributed by atoms with Crippen LogP contribution >= 0.6 is 0 Å². The molecule has 0 radical (unpaired) electrons. The largest absolute Gasteiger partial charge is 0.482 e. The van der Waals surface area contributed by atoms with Gasteiger partial charge in [0.25, 0.3) is 5.91 Å². The van der Waals surface area contributed by atoms with Crippen LogP contribution in [0.5, 0.6) is 5.75 Å². The van der Waals surface area contributed by atoms with E-state index in [-0.39, 0.29) is 18.6 Å². The van der Waals surface area contributed by atoms with Crippen molar-refractivity contribution in [2.45, 2.75) is 6.10 Å². The number of ether oxygens (including phenoxy) is 2. The Morgan fingerprint density at radius 3 is 3.00 bits per heavy atom. The van der Waals surface area contributed by atoms with Gasteiger partial charge in [0.15, 0.2) is 6.61 Å². The van der Waals surface area contributed by atoms with Gasteiger partial charge < -0.3 is 14.4 Å². The van der Waals surface area contributed by atoms with Crippen molar-refractivity contribution < 1.29 is 14.3 Å². The zero-order chi connectivity index (χ0) is 10.3. The Balaban J connectivity index is 1.93. The van der Waals surface area contributed by atoms with Crippen LogP contribution in [-0.4, -0.2) is 31.8 Å². The van der Waals surface area contributed by atoms with Gasteiger partial charge >= 0.3 is 0 Å². The van der Waals surface area contributed by atoms with E-state index in [9.17, 15) is 4.79 Å². The van der Waals surface area contributed by atoms with Crippen LogP contribution in [0.4, 0.5) is 5.69 Å². The highest BCUT2D eigenvalue weighted by molar-refractivity contribution is 5.97. The maximum atomic E-state index is 11.7. The molecule has 0 N–H and O–H groups in total. The van der Waals surface area contributed by atoms with E-state index in [0.717, 1.165) is 18.0 Å². The molecule has 0 bridgehead atoms. The lowest BCUT2D eigenvalue weighted by Crippen LogP contribution is -2.41. The summed E-state index contributed by atoms with van der Waals surface area (Å²) in [7, 11) is 0. The monoisotopic (exact) mass is 205 g/mol. The van der Waals surface area contributed by atoms with Gasteiger partial charge in [-0.15, -0.1) is 0 Å². The molecule has 1 unspecified atom stereocenters. The van der Waals surface area contributed by atoms with Gasteiger partial charge in [0, 0.05) is 0 Å². The topological polar surface area (TPSA) is 42.1 Å². The number of epoxide rings is 1. The first kappa shape index (κ1) is 8.73. The summed E-state index contributed by atoms with van der Waals surface area (Å²) in [5.74, 6) is 0.780. The Kier molecular flexibility index (Phi) is 1.89. The van der Waals surface area contributed by atoms with Crippen molar-refractivity contribution in [3.05, 3.63) is 24.3 Å². The number of para-hydroxylation sites is 2. The molecule has 1 saturated heterocycles. The number of anilines is 1. The number of amides is 1. The number of hydrogen-bond donors (Lipinski definition) is 0. The average Bonchev–Trinajstić information content (AvgIpc) is 3.06. The van der Waals surface area contributed by atoms with Crippen molar-refractivity contribution in [2.24, 2.45) is 0 Å². The smallest absolute Gasteiger partial charge is 0.265 e. The third kappa shape index (κ3) is 1.57. The minimum atomic E-state index is 0.00389. The molecule has 15 heavy (non-hydrogen) atoms. The van der Waals surface area contributed by atoms with Gasteiger partial charge in [-0.1, -0.05) is 12.1 Å². The summed E-state index contributed by atoms with van der Waals surface area (Å²) in [5, 5.41) is 0. The first-order valence-corrected chi connectivity index (χ1v) is 4.98. The fourth-order valence-corrected chi connectivity index (χ4v) is 1.73. The molecular formula is C11H11NO3. The Hall–Kier alpha value is -1.55. The van der Waals surface area contributed by atoms with E-state index in [1.54, 1.807) is 4.90 Å². The molecule has 1 fully saturated rings. The lowest BCUT2D eigenvalue weighted by atomic mass is 10.2. The maximum absolute atomic E-state index is 11.7. The van der Waals surface area contributed by atoms with Gasteiger partial charge in [-0.05, 0) is 12.1 Å². The van der Waals surface area contributed by atoms with E-state index in [4.69, 9.17) is 9.47 Å². The molecule has 2 aliphatic rings. The number of carbonyl (C=O) groups is 1. The van der Waals surface area contributed by atoms with E-state index in [2.05, 4.69) is 0 Å². The van der Waals surface area contributed by atoms with Gasteiger partial charge in [-0.25, -0.2) is 0 Å². The van der Waals surface area contributed by atoms with Crippen LogP contribution in [0.1, 0.15) is 0 Å². The molecule has 1 aromatic rings. The summed E-state index contributed by atoms with van der Waals surface area (Å²) in [6.07, 6.45) is 0.208. The Morgan fingerprint density at radius 1 is 1.40 bits per heavy atom. The highest BCUT2D eigenvalue weighted by Crippen LogP contribution is 2.32. The van der Waals surface area contributed by atoms with Crippen LogP contribution in [-0.2, 0) is 9.53 Å². The summed E-state index contributed by atoms with van der Waals surface area (Å²) < 4.78 is 10.5. The van der Waals surface area contributed by atoms with Gasteiger partial charge in [0.05, 0.1) is 24.9 Å². The summed E-state index contributed by atoms with van der Waals surface area (Å²) in [5.41, 5.74) is 0.851. The van der Waals surface area contributed by atoms with Gasteiger partial charge in [0.1, 0.15) is 5.75 Å². The summed E-state index contributed by atoms with van der Waals surface area (Å²) in [4.78, 5) is 13.4. The number of hydrogen-bond acceptors (Lipinski definition) is 3. The molecule has 4 heteroatoms. The highest BCUT2D eigenvalue weighted by Gasteiger charge is 2.32. The molecule has 0 saturated carbocycles. The van der Waals surface area contributed by atoms with E-state index in [1.165, 1.54) is 0 Å². The second-order valence-electron chi connectivity index (χ2n) is 3.72. The number of carbonyl (C=O) groups excluding carboxylic acids is 1. The number of rotatable bonds is 2. The second kappa shape index (κ2) is 3.24. The van der Waals surface area contributed by atoms with Crippen molar-refractivity contribution in [2.75, 3.05) is 24.7 Å². The van der Waals surface area contributed by atoms with Crippen molar-refractivity contribution in [3.63, 3.8) is 0 Å². The van der Waals surface area contributed by atoms with Crippen LogP contribution in [0.2, 0.25) is 0 Å². The van der Waals surface area contributed by atoms with Crippen molar-refractivity contribution in [1.82, 2.24) is 0 Å². The molecule has 3 rings (SSSR count). The van der Waals surface area contributed by atoms with Crippen LogP contribution in [0.25, 0.3) is 0 Å². The summed E-state index contributed by atoms with van der Waals surface area (Å²) in [6.45, 7) is 1.52. The third-order valence-corrected chi connectivity index (χ3v) is 2.60. The van der Waals surface area contributed by atoms with Crippen LogP contribution in [0, 0.1) is 0 Å². The second-order valence-corrected chi connectivity index (χ2v) is 3.72. The normalized spacial score (nSPS) is 23.3. The molecular weight excluding hydrogens is 194 g/mol. The molecule has 0 spiro atoms. The van der Waals surface area contributed by atoms with Crippen molar-refractivity contribution >= 4 is 11.6 Å². The molecule has 1 amide bonds. The number of benzene rings is 1. The minimum absolute atomic E-state index is 0.00389. The third-order valence-electron chi connectivity index (χ3n) is 2.60. The van der Waals surface area contributed by atoms with E-state index >= 15 is 0 Å². The molecule has 4 nitrogen and oxygen atoms in total. The average molecular weight is 205 g/mol. The van der Waals surface area contributed by atoms with Crippen molar-refractivity contribution in [1.29, 1.82) is 0 Å². The molecule has 0 aromatic heterocycles. The van der Waals surface area contributed by atoms with E-state index in [1.807, 2.05) is 24.3 Å². The fourth-order valence-electron chi connectivity index (χ4n) is 1.73. The quantitative estimate of drug-likeness (QED) is 0.671. The fraction of sp³-hybridized carbons (Fsp3) is 0.364. The molecule has 1 aromatic carbocycles. The Labute approximate surface area is 87.4 Å². The first-order valence-electron chi connectivity index (χ1n) is 4.98. The molecule has 0 aliphatic carbocycles. The maximum Gasteiger partial charge on any atom is 0.265 e. The van der Waals surface area contributed by atoms with E-state index < -0.39 is 0 Å². The predicted molar refractivity (Wildman–Crippen MR) is 54.0 cm³/mol. The van der Waals surface area contributed by atoms with Crippen LogP contribution < -0.4 is 9.64 Å². The zero-order valence-electron chi connectivity index (χ0n) is 8.18. The van der Waals surface area contributed by atoms with Gasteiger partial charge in [-0.3, -0.25) is 4.79 Å². The SMILES string of the molecule is O=C1COc2ccccc2N1CC1CO1. The van der Waals surface area contributed by atoms with Crippen LogP contribution in [0.3, 0.4) is 0 Å². The predicted octanol–water partition coefficient (Wildman–Crippen LogP) is 0.811. The molecule has 1 atom stereocenters. The van der Waals surface area contributed by atoms with Crippen LogP contribution in [0.15, 0.2) is 24.3 Å². The van der Waals surface area contributed by atoms with Gasteiger partial charge in [0.2, 0.25) is 0 Å².